The normalized spacial score (nSPS) is 14.3. The Labute approximate surface area is 144 Å². The van der Waals surface area contributed by atoms with Crippen molar-refractivity contribution in [3.63, 3.8) is 0 Å². The average molecular weight is 346 g/mol. The zero-order chi connectivity index (χ0) is 18.7. The van der Waals surface area contributed by atoms with Gasteiger partial charge in [-0.1, -0.05) is 11.6 Å². The Morgan fingerprint density at radius 2 is 1.76 bits per heavy atom. The summed E-state index contributed by atoms with van der Waals surface area (Å²) in [5.74, 6) is -2.19. The maximum atomic E-state index is 12.7. The van der Waals surface area contributed by atoms with Crippen LogP contribution in [0.3, 0.4) is 0 Å². The van der Waals surface area contributed by atoms with Gasteiger partial charge in [0.2, 0.25) is 0 Å². The Morgan fingerprint density at radius 3 is 2.32 bits per heavy atom. The smallest absolute Gasteiger partial charge is 0.507 e. The van der Waals surface area contributed by atoms with Gasteiger partial charge in [-0.05, 0) is 32.1 Å². The topological polar surface area (TPSA) is 110 Å². The van der Waals surface area contributed by atoms with E-state index in [1.807, 2.05) is 13.8 Å². The molecule has 1 aliphatic carbocycles. The van der Waals surface area contributed by atoms with Crippen LogP contribution in [0.15, 0.2) is 35.4 Å². The Hall–Kier alpha value is -3.09. The van der Waals surface area contributed by atoms with Crippen molar-refractivity contribution < 1.29 is 34.1 Å². The lowest BCUT2D eigenvalue weighted by Gasteiger charge is -2.23. The lowest BCUT2D eigenvalue weighted by atomic mass is 9.85. The molecule has 7 heteroatoms. The van der Waals surface area contributed by atoms with Crippen molar-refractivity contribution >= 4 is 17.7 Å². The van der Waals surface area contributed by atoms with Gasteiger partial charge in [0, 0.05) is 12.0 Å². The second kappa shape index (κ2) is 7.21. The number of ether oxygens (including phenoxy) is 2. The van der Waals surface area contributed by atoms with Gasteiger partial charge in [0.05, 0.1) is 18.2 Å². The number of benzene rings is 1. The number of fused-ring (bicyclic) bond motifs is 1. The van der Waals surface area contributed by atoms with Crippen molar-refractivity contribution in [3.05, 3.63) is 46.6 Å². The third-order valence-corrected chi connectivity index (χ3v) is 3.68. The summed E-state index contributed by atoms with van der Waals surface area (Å²) >= 11 is 0. The van der Waals surface area contributed by atoms with E-state index in [2.05, 4.69) is 4.74 Å². The van der Waals surface area contributed by atoms with E-state index in [4.69, 9.17) is 4.74 Å². The van der Waals surface area contributed by atoms with Gasteiger partial charge >= 0.3 is 6.16 Å². The molecule has 1 aromatic rings. The van der Waals surface area contributed by atoms with Crippen LogP contribution < -0.4 is 0 Å². The number of carbonyl (C=O) groups excluding carboxylic acids is 3. The van der Waals surface area contributed by atoms with E-state index in [1.54, 1.807) is 6.08 Å². The van der Waals surface area contributed by atoms with E-state index in [0.717, 1.165) is 30.9 Å². The van der Waals surface area contributed by atoms with Crippen molar-refractivity contribution in [2.75, 3.05) is 7.11 Å². The number of hydrogen-bond donors (Lipinski definition) is 2. The van der Waals surface area contributed by atoms with Gasteiger partial charge in [0.15, 0.2) is 11.6 Å². The molecule has 1 aliphatic rings. The predicted octanol–water partition coefficient (Wildman–Crippen LogP) is 2.91. The molecule has 1 aromatic carbocycles. The molecule has 0 fully saturated rings. The number of methoxy groups -OCH3 is 1. The summed E-state index contributed by atoms with van der Waals surface area (Å²) in [4.78, 5) is 36.6. The molecule has 0 aromatic heterocycles. The molecule has 0 amide bonds. The van der Waals surface area contributed by atoms with Crippen molar-refractivity contribution in [2.24, 2.45) is 0 Å². The summed E-state index contributed by atoms with van der Waals surface area (Å²) in [7, 11) is 1.13. The van der Waals surface area contributed by atoms with Gasteiger partial charge in [-0.2, -0.15) is 0 Å². The molecule has 25 heavy (non-hydrogen) atoms. The quantitative estimate of drug-likeness (QED) is 0.490. The third kappa shape index (κ3) is 3.71. The number of rotatable bonds is 4. The number of carbonyl (C=O) groups is 3. The molecule has 0 saturated carbocycles. The summed E-state index contributed by atoms with van der Waals surface area (Å²) in [5.41, 5.74) is 0.252. The van der Waals surface area contributed by atoms with E-state index in [-0.39, 0.29) is 23.1 Å². The summed E-state index contributed by atoms with van der Waals surface area (Å²) in [6, 6.07) is 2.25. The Bertz CT molecular complexity index is 798. The van der Waals surface area contributed by atoms with E-state index in [1.165, 1.54) is 0 Å². The fourth-order valence-corrected chi connectivity index (χ4v) is 2.47. The standard InChI is InChI=1S/C18H18O7/c1-9(2)4-7-14(25-18(23)24-3)10-8-13(21)15-11(19)5-6-12(20)16(15)17(10)22/h4-6,8,14,19-20H,7H2,1-3H3/t14-/m1/s1. The molecule has 7 nitrogen and oxygen atoms in total. The third-order valence-electron chi connectivity index (χ3n) is 3.68. The predicted molar refractivity (Wildman–Crippen MR) is 87.8 cm³/mol. The first-order chi connectivity index (χ1) is 11.8. The maximum absolute atomic E-state index is 12.7. The molecular formula is C18H18O7. The van der Waals surface area contributed by atoms with E-state index in [0.29, 0.717) is 0 Å². The highest BCUT2D eigenvalue weighted by Crippen LogP contribution is 2.36. The lowest BCUT2D eigenvalue weighted by Crippen LogP contribution is -2.29. The minimum absolute atomic E-state index is 0.0960. The highest BCUT2D eigenvalue weighted by Gasteiger charge is 2.35. The first-order valence-electron chi connectivity index (χ1n) is 7.49. The van der Waals surface area contributed by atoms with Crippen LogP contribution in [0.2, 0.25) is 0 Å². The number of aromatic hydroxyl groups is 2. The van der Waals surface area contributed by atoms with Crippen LogP contribution in [0, 0.1) is 0 Å². The molecule has 1 atom stereocenters. The molecule has 0 bridgehead atoms. The average Bonchev–Trinajstić information content (AvgIpc) is 2.56. The summed E-state index contributed by atoms with van der Waals surface area (Å²) in [6.07, 6.45) is 0.838. The number of ketones is 2. The largest absolute Gasteiger partial charge is 0.508 e. The highest BCUT2D eigenvalue weighted by molar-refractivity contribution is 6.27. The lowest BCUT2D eigenvalue weighted by molar-refractivity contribution is 0.0480. The Morgan fingerprint density at radius 1 is 1.16 bits per heavy atom. The van der Waals surface area contributed by atoms with Crippen LogP contribution in [-0.2, 0) is 9.47 Å². The number of phenolic OH excluding ortho intramolecular Hbond substituents is 2. The summed E-state index contributed by atoms with van der Waals surface area (Å²) < 4.78 is 9.56. The molecule has 2 N–H and O–H groups in total. The highest BCUT2D eigenvalue weighted by atomic mass is 16.7. The van der Waals surface area contributed by atoms with Crippen molar-refractivity contribution in [3.8, 4) is 11.5 Å². The molecule has 0 heterocycles. The molecule has 0 spiro atoms. The van der Waals surface area contributed by atoms with E-state index in [9.17, 15) is 24.6 Å². The van der Waals surface area contributed by atoms with Crippen LogP contribution in [0.5, 0.6) is 11.5 Å². The van der Waals surface area contributed by atoms with Gasteiger partial charge in [-0.15, -0.1) is 0 Å². The minimum Gasteiger partial charge on any atom is -0.507 e. The van der Waals surface area contributed by atoms with Crippen LogP contribution in [0.4, 0.5) is 4.79 Å². The van der Waals surface area contributed by atoms with Crippen molar-refractivity contribution in [1.82, 2.24) is 0 Å². The second-order valence-corrected chi connectivity index (χ2v) is 5.72. The number of allylic oxidation sites excluding steroid dienone is 2. The van der Waals surface area contributed by atoms with Gasteiger partial charge in [0.1, 0.15) is 17.6 Å². The SMILES string of the molecule is COC(=O)O[C@H](CC=C(C)C)C1=CC(=O)c2c(O)ccc(O)c2C1=O. The number of hydrogen-bond acceptors (Lipinski definition) is 7. The van der Waals surface area contributed by atoms with Gasteiger partial charge in [-0.3, -0.25) is 9.59 Å². The zero-order valence-electron chi connectivity index (χ0n) is 14.0. The first-order valence-corrected chi connectivity index (χ1v) is 7.49. The van der Waals surface area contributed by atoms with Gasteiger partial charge < -0.3 is 19.7 Å². The van der Waals surface area contributed by atoms with Crippen LogP contribution in [-0.4, -0.2) is 41.1 Å². The van der Waals surface area contributed by atoms with Crippen molar-refractivity contribution in [1.29, 1.82) is 0 Å². The van der Waals surface area contributed by atoms with E-state index >= 15 is 0 Å². The summed E-state index contributed by atoms with van der Waals surface area (Å²) in [6.45, 7) is 3.66. The molecule has 132 valence electrons. The van der Waals surface area contributed by atoms with Gasteiger partial charge in [-0.25, -0.2) is 4.79 Å². The number of phenols is 2. The van der Waals surface area contributed by atoms with E-state index < -0.39 is 35.3 Å². The molecule has 0 aliphatic heterocycles. The van der Waals surface area contributed by atoms with Gasteiger partial charge in [0.25, 0.3) is 0 Å². The zero-order valence-corrected chi connectivity index (χ0v) is 14.0. The fourth-order valence-electron chi connectivity index (χ4n) is 2.47. The van der Waals surface area contributed by atoms with Crippen LogP contribution >= 0.6 is 0 Å². The Kier molecular flexibility index (Phi) is 5.26. The summed E-state index contributed by atoms with van der Waals surface area (Å²) in [5, 5.41) is 19.8. The molecule has 2 rings (SSSR count). The first kappa shape index (κ1) is 18.3. The fraction of sp³-hybridized carbons (Fsp3) is 0.278. The maximum Gasteiger partial charge on any atom is 0.508 e. The monoisotopic (exact) mass is 346 g/mol. The minimum atomic E-state index is -1.06. The molecular weight excluding hydrogens is 328 g/mol. The molecule has 0 radical (unpaired) electrons. The van der Waals surface area contributed by atoms with Crippen LogP contribution in [0.25, 0.3) is 0 Å². The molecule has 0 unspecified atom stereocenters. The van der Waals surface area contributed by atoms with Crippen LogP contribution in [0.1, 0.15) is 41.0 Å². The molecule has 0 saturated heterocycles. The second-order valence-electron chi connectivity index (χ2n) is 5.72. The van der Waals surface area contributed by atoms with Crippen molar-refractivity contribution in [2.45, 2.75) is 26.4 Å². The Balaban J connectivity index is 2.50. The number of Topliss-reactive ketones (excluding diaryl/α,β-unsaturated/α-hetero) is 1.